The largest absolute Gasteiger partial charge is 0.496 e. The van der Waals surface area contributed by atoms with Crippen molar-refractivity contribution in [3.63, 3.8) is 0 Å². The van der Waals surface area contributed by atoms with E-state index < -0.39 is 0 Å². The van der Waals surface area contributed by atoms with Crippen LogP contribution in [0.5, 0.6) is 5.75 Å². The number of hydrogen-bond acceptors (Lipinski definition) is 3. The predicted molar refractivity (Wildman–Crippen MR) is 90.9 cm³/mol. The molecule has 20 heavy (non-hydrogen) atoms. The maximum atomic E-state index is 5.47. The zero-order chi connectivity index (χ0) is 14.8. The molecule has 114 valence electrons. The Kier molecular flexibility index (Phi) is 8.79. The first-order valence-electron chi connectivity index (χ1n) is 7.51. The van der Waals surface area contributed by atoms with Gasteiger partial charge in [0.05, 0.1) is 7.11 Å². The molecule has 1 aromatic carbocycles. The van der Waals surface area contributed by atoms with Crippen LogP contribution >= 0.6 is 11.8 Å². The summed E-state index contributed by atoms with van der Waals surface area (Å²) in [6, 6.07) is 8.94. The molecule has 0 saturated heterocycles. The lowest BCUT2D eigenvalue weighted by atomic mass is 9.94. The van der Waals surface area contributed by atoms with Gasteiger partial charge in [0.15, 0.2) is 0 Å². The summed E-state index contributed by atoms with van der Waals surface area (Å²) in [6.45, 7) is 5.51. The molecule has 0 bridgehead atoms. The van der Waals surface area contributed by atoms with Gasteiger partial charge in [0.2, 0.25) is 0 Å². The fraction of sp³-hybridized carbons (Fsp3) is 0.647. The Labute approximate surface area is 128 Å². The van der Waals surface area contributed by atoms with E-state index in [9.17, 15) is 0 Å². The van der Waals surface area contributed by atoms with Crippen LogP contribution in [-0.4, -0.2) is 31.7 Å². The summed E-state index contributed by atoms with van der Waals surface area (Å²) in [6.07, 6.45) is 5.85. The van der Waals surface area contributed by atoms with Crippen molar-refractivity contribution in [1.29, 1.82) is 0 Å². The average Bonchev–Trinajstić information content (AvgIpc) is 2.45. The van der Waals surface area contributed by atoms with Crippen molar-refractivity contribution in [2.24, 2.45) is 5.92 Å². The minimum atomic E-state index is 0.552. The van der Waals surface area contributed by atoms with Crippen LogP contribution in [0.1, 0.15) is 32.3 Å². The number of para-hydroxylation sites is 1. The third-order valence-corrected chi connectivity index (χ3v) is 4.17. The van der Waals surface area contributed by atoms with Gasteiger partial charge in [-0.05, 0) is 55.4 Å². The van der Waals surface area contributed by atoms with Gasteiger partial charge in [0, 0.05) is 6.04 Å². The molecular formula is C17H29NOS. The highest BCUT2D eigenvalue weighted by atomic mass is 32.2. The van der Waals surface area contributed by atoms with E-state index >= 15 is 0 Å². The number of benzene rings is 1. The van der Waals surface area contributed by atoms with Crippen LogP contribution in [0.25, 0.3) is 0 Å². The fourth-order valence-corrected chi connectivity index (χ4v) is 2.83. The van der Waals surface area contributed by atoms with Gasteiger partial charge in [-0.15, -0.1) is 0 Å². The topological polar surface area (TPSA) is 21.3 Å². The van der Waals surface area contributed by atoms with Crippen LogP contribution in [0.3, 0.4) is 0 Å². The van der Waals surface area contributed by atoms with Crippen LogP contribution in [0.2, 0.25) is 0 Å². The lowest BCUT2D eigenvalue weighted by Crippen LogP contribution is -2.30. The summed E-state index contributed by atoms with van der Waals surface area (Å²) >= 11 is 1.94. The van der Waals surface area contributed by atoms with Gasteiger partial charge in [0.1, 0.15) is 5.75 Å². The smallest absolute Gasteiger partial charge is 0.122 e. The molecule has 0 amide bonds. The zero-order valence-corrected chi connectivity index (χ0v) is 14.1. The van der Waals surface area contributed by atoms with Crippen LogP contribution < -0.4 is 10.1 Å². The Morgan fingerprint density at radius 1 is 1.25 bits per heavy atom. The maximum absolute atomic E-state index is 5.47. The molecule has 1 unspecified atom stereocenters. The monoisotopic (exact) mass is 295 g/mol. The summed E-state index contributed by atoms with van der Waals surface area (Å²) in [5, 5.41) is 3.58. The molecule has 0 aromatic heterocycles. The van der Waals surface area contributed by atoms with Crippen molar-refractivity contribution in [3.8, 4) is 5.75 Å². The van der Waals surface area contributed by atoms with Gasteiger partial charge in [0.25, 0.3) is 0 Å². The van der Waals surface area contributed by atoms with E-state index in [1.807, 2.05) is 17.8 Å². The molecule has 0 heterocycles. The first-order chi connectivity index (χ1) is 9.67. The molecule has 0 radical (unpaired) electrons. The lowest BCUT2D eigenvalue weighted by Gasteiger charge is -2.20. The van der Waals surface area contributed by atoms with Gasteiger partial charge < -0.3 is 10.1 Å². The molecule has 0 aliphatic carbocycles. The Morgan fingerprint density at radius 3 is 2.65 bits per heavy atom. The first kappa shape index (κ1) is 17.4. The summed E-state index contributed by atoms with van der Waals surface area (Å²) in [4.78, 5) is 0. The van der Waals surface area contributed by atoms with E-state index in [4.69, 9.17) is 4.74 Å². The minimum Gasteiger partial charge on any atom is -0.496 e. The van der Waals surface area contributed by atoms with Crippen molar-refractivity contribution < 1.29 is 4.74 Å². The van der Waals surface area contributed by atoms with Crippen molar-refractivity contribution >= 4 is 11.8 Å². The van der Waals surface area contributed by atoms with Crippen molar-refractivity contribution in [2.45, 2.75) is 39.2 Å². The molecule has 1 atom stereocenters. The normalized spacial score (nSPS) is 12.7. The second-order valence-electron chi connectivity index (χ2n) is 5.58. The molecule has 0 saturated carbocycles. The van der Waals surface area contributed by atoms with Gasteiger partial charge >= 0.3 is 0 Å². The Morgan fingerprint density at radius 2 is 2.00 bits per heavy atom. The van der Waals surface area contributed by atoms with Crippen LogP contribution in [0.4, 0.5) is 0 Å². The summed E-state index contributed by atoms with van der Waals surface area (Å²) in [5.41, 5.74) is 1.33. The van der Waals surface area contributed by atoms with Crippen LogP contribution in [-0.2, 0) is 6.42 Å². The number of methoxy groups -OCH3 is 1. The lowest BCUT2D eigenvalue weighted by molar-refractivity contribution is 0.389. The average molecular weight is 295 g/mol. The second-order valence-corrected chi connectivity index (χ2v) is 6.57. The Balaban J connectivity index is 2.61. The van der Waals surface area contributed by atoms with Gasteiger partial charge in [-0.3, -0.25) is 0 Å². The third kappa shape index (κ3) is 6.67. The van der Waals surface area contributed by atoms with Crippen molar-refractivity contribution in [3.05, 3.63) is 29.8 Å². The maximum Gasteiger partial charge on any atom is 0.122 e. The number of nitrogens with one attached hydrogen (secondary N) is 1. The Hall–Kier alpha value is -0.670. The van der Waals surface area contributed by atoms with Gasteiger partial charge in [-0.25, -0.2) is 0 Å². The van der Waals surface area contributed by atoms with Crippen molar-refractivity contribution in [2.75, 3.05) is 25.7 Å². The molecule has 0 aliphatic heterocycles. The van der Waals surface area contributed by atoms with E-state index in [0.717, 1.165) is 18.7 Å². The summed E-state index contributed by atoms with van der Waals surface area (Å²) in [5.74, 6) is 2.96. The van der Waals surface area contributed by atoms with E-state index in [0.29, 0.717) is 12.0 Å². The molecule has 1 rings (SSSR count). The number of rotatable bonds is 10. The van der Waals surface area contributed by atoms with Crippen LogP contribution in [0.15, 0.2) is 24.3 Å². The first-order valence-corrected chi connectivity index (χ1v) is 8.91. The Bertz CT molecular complexity index is 368. The van der Waals surface area contributed by atoms with Crippen LogP contribution in [0, 0.1) is 5.92 Å². The van der Waals surface area contributed by atoms with E-state index in [1.165, 1.54) is 24.2 Å². The van der Waals surface area contributed by atoms with E-state index in [-0.39, 0.29) is 0 Å². The standard InChI is InChI=1S/C17H29NOS/c1-14(2)18-13-15(8-7-11-20-4)12-16-9-5-6-10-17(16)19-3/h5-6,9-10,14-15,18H,7-8,11-13H2,1-4H3. The molecule has 3 heteroatoms. The van der Waals surface area contributed by atoms with E-state index in [2.05, 4.69) is 43.6 Å². The SMILES string of the molecule is COc1ccccc1CC(CCCSC)CNC(C)C. The molecule has 0 fully saturated rings. The molecular weight excluding hydrogens is 266 g/mol. The number of ether oxygens (including phenoxy) is 1. The molecule has 1 aromatic rings. The highest BCUT2D eigenvalue weighted by Gasteiger charge is 2.13. The summed E-state index contributed by atoms with van der Waals surface area (Å²) in [7, 11) is 1.76. The molecule has 1 N–H and O–H groups in total. The second kappa shape index (κ2) is 10.1. The molecule has 0 spiro atoms. The van der Waals surface area contributed by atoms with Crippen molar-refractivity contribution in [1.82, 2.24) is 5.32 Å². The number of hydrogen-bond donors (Lipinski definition) is 1. The molecule has 2 nitrogen and oxygen atoms in total. The van der Waals surface area contributed by atoms with E-state index in [1.54, 1.807) is 7.11 Å². The summed E-state index contributed by atoms with van der Waals surface area (Å²) < 4.78 is 5.47. The van der Waals surface area contributed by atoms with Gasteiger partial charge in [-0.1, -0.05) is 32.0 Å². The third-order valence-electron chi connectivity index (χ3n) is 3.48. The highest BCUT2D eigenvalue weighted by Crippen LogP contribution is 2.23. The van der Waals surface area contributed by atoms with Gasteiger partial charge in [-0.2, -0.15) is 11.8 Å². The fourth-order valence-electron chi connectivity index (χ4n) is 2.38. The highest BCUT2D eigenvalue weighted by molar-refractivity contribution is 7.98. The number of thioether (sulfide) groups is 1. The molecule has 0 aliphatic rings. The predicted octanol–water partition coefficient (Wildman–Crippen LogP) is 4.00. The minimum absolute atomic E-state index is 0.552. The quantitative estimate of drug-likeness (QED) is 0.659. The zero-order valence-electron chi connectivity index (χ0n) is 13.3.